The average molecular weight is 305 g/mol. The van der Waals surface area contributed by atoms with Crippen LogP contribution >= 0.6 is 12.6 Å². The van der Waals surface area contributed by atoms with Gasteiger partial charge >= 0.3 is 5.97 Å². The number of carboxylic acid groups (broad SMARTS) is 1. The van der Waals surface area contributed by atoms with Crippen LogP contribution in [-0.2, 0) is 19.2 Å². The number of thiol groups is 1. The number of rotatable bonds is 9. The van der Waals surface area contributed by atoms with Gasteiger partial charge in [0.1, 0.15) is 18.4 Å². The van der Waals surface area contributed by atoms with Crippen molar-refractivity contribution in [2.75, 3.05) is 12.3 Å². The second-order valence-corrected chi connectivity index (χ2v) is 4.54. The zero-order chi connectivity index (χ0) is 15.7. The molecule has 0 aromatic carbocycles. The van der Waals surface area contributed by atoms with Gasteiger partial charge in [0, 0.05) is 12.2 Å². The lowest BCUT2D eigenvalue weighted by molar-refractivity contribution is -0.138. The summed E-state index contributed by atoms with van der Waals surface area (Å²) in [5.41, 5.74) is 5.48. The Morgan fingerprint density at radius 1 is 1.30 bits per heavy atom. The van der Waals surface area contributed by atoms with Gasteiger partial charge in [0.2, 0.25) is 11.8 Å². The van der Waals surface area contributed by atoms with Gasteiger partial charge in [-0.15, -0.1) is 0 Å². The summed E-state index contributed by atoms with van der Waals surface area (Å²) in [4.78, 5) is 44.3. The minimum atomic E-state index is -1.19. The first kappa shape index (κ1) is 18.4. The summed E-state index contributed by atoms with van der Waals surface area (Å²) >= 11 is 3.91. The molecular formula is C11H19N3O5S. The van der Waals surface area contributed by atoms with E-state index >= 15 is 0 Å². The number of carbonyl (C=O) groups is 4. The third-order valence-electron chi connectivity index (χ3n) is 2.45. The summed E-state index contributed by atoms with van der Waals surface area (Å²) in [6, 6.07) is -1.64. The van der Waals surface area contributed by atoms with Crippen LogP contribution in [0.15, 0.2) is 0 Å². The summed E-state index contributed by atoms with van der Waals surface area (Å²) in [6.45, 7) is 0.798. The molecule has 8 nitrogen and oxygen atoms in total. The van der Waals surface area contributed by atoms with Crippen LogP contribution in [0.4, 0.5) is 0 Å². The van der Waals surface area contributed by atoms with Crippen LogP contribution in [0.2, 0.25) is 0 Å². The van der Waals surface area contributed by atoms with Crippen molar-refractivity contribution in [1.29, 1.82) is 0 Å². The molecule has 0 heterocycles. The van der Waals surface area contributed by atoms with E-state index < -0.39 is 36.4 Å². The van der Waals surface area contributed by atoms with Gasteiger partial charge in [-0.2, -0.15) is 12.6 Å². The van der Waals surface area contributed by atoms with E-state index in [4.69, 9.17) is 10.8 Å². The molecule has 0 aromatic rings. The fraction of sp³-hybridized carbons (Fsp3) is 0.636. The SMILES string of the molecule is CC(=O)C(N)CCC(=O)NC(CS)C(=O)NCC(=O)O. The van der Waals surface area contributed by atoms with Crippen molar-refractivity contribution in [3.05, 3.63) is 0 Å². The topological polar surface area (TPSA) is 139 Å². The number of ketones is 1. The van der Waals surface area contributed by atoms with Crippen molar-refractivity contribution in [2.45, 2.75) is 31.8 Å². The molecule has 20 heavy (non-hydrogen) atoms. The number of carboxylic acids is 1. The van der Waals surface area contributed by atoms with Gasteiger partial charge in [0.15, 0.2) is 0 Å². The molecule has 0 aliphatic rings. The Morgan fingerprint density at radius 3 is 2.35 bits per heavy atom. The van der Waals surface area contributed by atoms with Crippen molar-refractivity contribution in [1.82, 2.24) is 10.6 Å². The summed E-state index contributed by atoms with van der Waals surface area (Å²) < 4.78 is 0. The van der Waals surface area contributed by atoms with Crippen molar-refractivity contribution >= 4 is 36.2 Å². The maximum Gasteiger partial charge on any atom is 0.322 e. The largest absolute Gasteiger partial charge is 0.480 e. The molecule has 2 amide bonds. The molecule has 9 heteroatoms. The van der Waals surface area contributed by atoms with Crippen LogP contribution in [0.1, 0.15) is 19.8 Å². The lowest BCUT2D eigenvalue weighted by Crippen LogP contribution is -2.49. The highest BCUT2D eigenvalue weighted by Crippen LogP contribution is 1.97. The first-order chi connectivity index (χ1) is 9.27. The van der Waals surface area contributed by atoms with Gasteiger partial charge in [0.25, 0.3) is 0 Å². The fourth-order valence-electron chi connectivity index (χ4n) is 1.24. The number of carbonyl (C=O) groups excluding carboxylic acids is 3. The molecule has 5 N–H and O–H groups in total. The van der Waals surface area contributed by atoms with E-state index in [-0.39, 0.29) is 24.4 Å². The molecule has 0 rings (SSSR count). The Labute approximate surface area is 121 Å². The van der Waals surface area contributed by atoms with E-state index in [1.165, 1.54) is 6.92 Å². The predicted molar refractivity (Wildman–Crippen MR) is 74.3 cm³/mol. The first-order valence-electron chi connectivity index (χ1n) is 5.93. The summed E-state index contributed by atoms with van der Waals surface area (Å²) in [5.74, 6) is -2.47. The molecule has 0 radical (unpaired) electrons. The average Bonchev–Trinajstić information content (AvgIpc) is 2.38. The van der Waals surface area contributed by atoms with Gasteiger partial charge in [0.05, 0.1) is 6.04 Å². The Hall–Kier alpha value is -1.61. The number of Topliss-reactive ketones (excluding diaryl/α,β-unsaturated/α-hetero) is 1. The zero-order valence-corrected chi connectivity index (χ0v) is 12.0. The van der Waals surface area contributed by atoms with E-state index in [0.717, 1.165) is 0 Å². The van der Waals surface area contributed by atoms with Crippen molar-refractivity contribution in [3.8, 4) is 0 Å². The van der Waals surface area contributed by atoms with Crippen LogP contribution in [0.25, 0.3) is 0 Å². The Bertz CT molecular complexity index is 388. The maximum absolute atomic E-state index is 11.6. The molecule has 2 atom stereocenters. The highest BCUT2D eigenvalue weighted by atomic mass is 32.1. The molecule has 0 spiro atoms. The molecule has 2 unspecified atom stereocenters. The minimum absolute atomic E-state index is 0.00274. The Morgan fingerprint density at radius 2 is 1.90 bits per heavy atom. The van der Waals surface area contributed by atoms with Crippen molar-refractivity contribution in [2.24, 2.45) is 5.73 Å². The molecule has 0 bridgehead atoms. The second-order valence-electron chi connectivity index (χ2n) is 4.17. The monoisotopic (exact) mass is 305 g/mol. The Balaban J connectivity index is 4.21. The van der Waals surface area contributed by atoms with E-state index in [1.54, 1.807) is 0 Å². The normalized spacial score (nSPS) is 13.2. The first-order valence-corrected chi connectivity index (χ1v) is 6.57. The highest BCUT2D eigenvalue weighted by Gasteiger charge is 2.20. The Kier molecular flexibility index (Phi) is 8.57. The van der Waals surface area contributed by atoms with E-state index in [1.807, 2.05) is 0 Å². The quantitative estimate of drug-likeness (QED) is 0.322. The van der Waals surface area contributed by atoms with E-state index in [0.29, 0.717) is 0 Å². The van der Waals surface area contributed by atoms with Gasteiger partial charge < -0.3 is 21.5 Å². The molecule has 0 fully saturated rings. The minimum Gasteiger partial charge on any atom is -0.480 e. The molecule has 0 aliphatic carbocycles. The van der Waals surface area contributed by atoms with Gasteiger partial charge in [-0.3, -0.25) is 19.2 Å². The number of nitrogens with one attached hydrogen (secondary N) is 2. The third-order valence-corrected chi connectivity index (χ3v) is 2.82. The summed E-state index contributed by atoms with van der Waals surface area (Å²) in [5, 5.41) is 13.0. The molecular weight excluding hydrogens is 286 g/mol. The van der Waals surface area contributed by atoms with Crippen molar-refractivity contribution < 1.29 is 24.3 Å². The van der Waals surface area contributed by atoms with Crippen LogP contribution in [-0.4, -0.2) is 53.1 Å². The lowest BCUT2D eigenvalue weighted by Gasteiger charge is -2.16. The standard InChI is InChI=1S/C11H19N3O5S/c1-6(15)7(12)2-3-9(16)14-8(5-20)11(19)13-4-10(17)18/h7-8,20H,2-5,12H2,1H3,(H,13,19)(H,14,16)(H,17,18). The van der Waals surface area contributed by atoms with Gasteiger partial charge in [-0.1, -0.05) is 0 Å². The number of aliphatic carboxylic acids is 1. The van der Waals surface area contributed by atoms with Crippen LogP contribution in [0.3, 0.4) is 0 Å². The zero-order valence-electron chi connectivity index (χ0n) is 11.1. The number of nitrogens with two attached hydrogens (primary N) is 1. The molecule has 114 valence electrons. The van der Waals surface area contributed by atoms with Crippen molar-refractivity contribution in [3.63, 3.8) is 0 Å². The number of hydrogen-bond donors (Lipinski definition) is 5. The summed E-state index contributed by atoms with van der Waals surface area (Å²) in [7, 11) is 0. The van der Waals surface area contributed by atoms with Gasteiger partial charge in [-0.25, -0.2) is 0 Å². The number of amides is 2. The van der Waals surface area contributed by atoms with Gasteiger partial charge in [-0.05, 0) is 13.3 Å². The fourth-order valence-corrected chi connectivity index (χ4v) is 1.49. The van der Waals surface area contributed by atoms with Crippen LogP contribution in [0.5, 0.6) is 0 Å². The molecule has 0 aromatic heterocycles. The highest BCUT2D eigenvalue weighted by molar-refractivity contribution is 7.80. The van der Waals surface area contributed by atoms with Crippen LogP contribution < -0.4 is 16.4 Å². The summed E-state index contributed by atoms with van der Waals surface area (Å²) in [6.07, 6.45) is 0.175. The molecule has 0 aliphatic heterocycles. The van der Waals surface area contributed by atoms with E-state index in [2.05, 4.69) is 23.3 Å². The third kappa shape index (κ3) is 7.74. The van der Waals surface area contributed by atoms with Crippen LogP contribution in [0, 0.1) is 0 Å². The molecule has 0 saturated heterocycles. The smallest absolute Gasteiger partial charge is 0.322 e. The lowest BCUT2D eigenvalue weighted by atomic mass is 10.1. The molecule has 0 saturated carbocycles. The maximum atomic E-state index is 11.6. The second kappa shape index (κ2) is 9.32. The predicted octanol–water partition coefficient (Wildman–Crippen LogP) is -1.70. The van der Waals surface area contributed by atoms with E-state index in [9.17, 15) is 19.2 Å². The number of hydrogen-bond acceptors (Lipinski definition) is 6.